The fraction of sp³-hybridized carbons (Fsp3) is 1.00. The molecule has 0 spiro atoms. The third kappa shape index (κ3) is 6.75. The smallest absolute Gasteiger partial charge is 0.0195 e. The minimum atomic E-state index is 0.694. The summed E-state index contributed by atoms with van der Waals surface area (Å²) in [6.07, 6.45) is 11.1. The van der Waals surface area contributed by atoms with Crippen LogP contribution < -0.4 is 5.32 Å². The quantitative estimate of drug-likeness (QED) is 0.629. The number of rotatable bonds is 9. The summed E-state index contributed by atoms with van der Waals surface area (Å²) < 4.78 is 0. The molecule has 0 aliphatic carbocycles. The number of piperidine rings is 1. The summed E-state index contributed by atoms with van der Waals surface area (Å²) in [4.78, 5) is 2.68. The van der Waals surface area contributed by atoms with Gasteiger partial charge < -0.3 is 5.32 Å². The Morgan fingerprint density at radius 1 is 1.11 bits per heavy atom. The van der Waals surface area contributed by atoms with Gasteiger partial charge in [0.2, 0.25) is 0 Å². The van der Waals surface area contributed by atoms with Gasteiger partial charge in [0.15, 0.2) is 0 Å². The van der Waals surface area contributed by atoms with Gasteiger partial charge in [-0.15, -0.1) is 0 Å². The van der Waals surface area contributed by atoms with E-state index in [0.29, 0.717) is 6.04 Å². The number of hydrogen-bond donors (Lipinski definition) is 1. The first kappa shape index (κ1) is 16.0. The predicted molar refractivity (Wildman–Crippen MR) is 81.1 cm³/mol. The van der Waals surface area contributed by atoms with Crippen LogP contribution in [0, 0.1) is 0 Å². The summed E-state index contributed by atoms with van der Waals surface area (Å²) in [5.41, 5.74) is 0. The summed E-state index contributed by atoms with van der Waals surface area (Å²) in [6, 6.07) is 1.44. The Hall–Kier alpha value is -0.0800. The molecule has 0 aromatic carbocycles. The van der Waals surface area contributed by atoms with Gasteiger partial charge in [-0.3, -0.25) is 4.90 Å². The first-order valence-corrected chi connectivity index (χ1v) is 8.21. The normalized spacial score (nSPS) is 20.8. The molecule has 0 aromatic rings. The lowest BCUT2D eigenvalue weighted by Crippen LogP contribution is -2.46. The molecule has 18 heavy (non-hydrogen) atoms. The van der Waals surface area contributed by atoms with Gasteiger partial charge >= 0.3 is 0 Å². The summed E-state index contributed by atoms with van der Waals surface area (Å²) in [5, 5.41) is 3.67. The SMILES string of the molecule is CCCCCCCN(CC1CCCCN1)C(C)C. The molecule has 2 heteroatoms. The summed E-state index contributed by atoms with van der Waals surface area (Å²) >= 11 is 0. The van der Waals surface area contributed by atoms with E-state index in [2.05, 4.69) is 31.0 Å². The zero-order valence-corrected chi connectivity index (χ0v) is 12.9. The van der Waals surface area contributed by atoms with Crippen LogP contribution in [-0.4, -0.2) is 36.6 Å². The van der Waals surface area contributed by atoms with Crippen molar-refractivity contribution < 1.29 is 0 Å². The first-order chi connectivity index (χ1) is 8.74. The van der Waals surface area contributed by atoms with Crippen LogP contribution in [0.3, 0.4) is 0 Å². The van der Waals surface area contributed by atoms with Crippen LogP contribution in [-0.2, 0) is 0 Å². The minimum absolute atomic E-state index is 0.694. The molecule has 1 N–H and O–H groups in total. The van der Waals surface area contributed by atoms with Gasteiger partial charge in [-0.05, 0) is 46.2 Å². The van der Waals surface area contributed by atoms with Crippen LogP contribution in [0.4, 0.5) is 0 Å². The van der Waals surface area contributed by atoms with E-state index in [-0.39, 0.29) is 0 Å². The maximum absolute atomic E-state index is 3.67. The van der Waals surface area contributed by atoms with Crippen molar-refractivity contribution in [3.8, 4) is 0 Å². The van der Waals surface area contributed by atoms with Crippen molar-refractivity contribution in [2.45, 2.75) is 84.2 Å². The Morgan fingerprint density at radius 2 is 1.89 bits per heavy atom. The summed E-state index contributed by atoms with van der Waals surface area (Å²) in [6.45, 7) is 10.7. The first-order valence-electron chi connectivity index (χ1n) is 8.21. The lowest BCUT2D eigenvalue weighted by atomic mass is 10.0. The van der Waals surface area contributed by atoms with Gasteiger partial charge in [-0.25, -0.2) is 0 Å². The number of unbranched alkanes of at least 4 members (excludes halogenated alkanes) is 4. The molecule has 1 aliphatic heterocycles. The van der Waals surface area contributed by atoms with E-state index in [0.717, 1.165) is 6.04 Å². The molecule has 0 radical (unpaired) electrons. The van der Waals surface area contributed by atoms with Crippen molar-refractivity contribution in [1.82, 2.24) is 10.2 Å². The lowest BCUT2D eigenvalue weighted by Gasteiger charge is -2.33. The van der Waals surface area contributed by atoms with Crippen molar-refractivity contribution in [2.24, 2.45) is 0 Å². The molecule has 0 aromatic heterocycles. The third-order valence-corrected chi connectivity index (χ3v) is 4.15. The van der Waals surface area contributed by atoms with Crippen LogP contribution in [0.25, 0.3) is 0 Å². The second-order valence-corrected chi connectivity index (χ2v) is 6.15. The van der Waals surface area contributed by atoms with Crippen molar-refractivity contribution in [1.29, 1.82) is 0 Å². The summed E-state index contributed by atoms with van der Waals surface area (Å²) in [7, 11) is 0. The van der Waals surface area contributed by atoms with E-state index in [1.165, 1.54) is 71.0 Å². The van der Waals surface area contributed by atoms with Gasteiger partial charge in [-0.2, -0.15) is 0 Å². The van der Waals surface area contributed by atoms with Crippen molar-refractivity contribution in [3.63, 3.8) is 0 Å². The zero-order valence-electron chi connectivity index (χ0n) is 12.9. The second-order valence-electron chi connectivity index (χ2n) is 6.15. The molecule has 0 saturated carbocycles. The fourth-order valence-corrected chi connectivity index (χ4v) is 2.84. The lowest BCUT2D eigenvalue weighted by molar-refractivity contribution is 0.181. The molecule has 1 aliphatic rings. The Morgan fingerprint density at radius 3 is 2.50 bits per heavy atom. The maximum Gasteiger partial charge on any atom is 0.0195 e. The van der Waals surface area contributed by atoms with E-state index in [4.69, 9.17) is 0 Å². The van der Waals surface area contributed by atoms with Gasteiger partial charge in [-0.1, -0.05) is 39.0 Å². The van der Waals surface area contributed by atoms with Crippen molar-refractivity contribution in [3.05, 3.63) is 0 Å². The molecule has 2 nitrogen and oxygen atoms in total. The standard InChI is InChI=1S/C16H34N2/c1-4-5-6-7-10-13-18(15(2)3)14-16-11-8-9-12-17-16/h15-17H,4-14H2,1-3H3. The van der Waals surface area contributed by atoms with E-state index < -0.39 is 0 Å². The van der Waals surface area contributed by atoms with Crippen LogP contribution in [0.5, 0.6) is 0 Å². The average Bonchev–Trinajstić information content (AvgIpc) is 2.38. The predicted octanol–water partition coefficient (Wildman–Crippen LogP) is 3.81. The van der Waals surface area contributed by atoms with Gasteiger partial charge in [0, 0.05) is 18.6 Å². The summed E-state index contributed by atoms with van der Waals surface area (Å²) in [5.74, 6) is 0. The minimum Gasteiger partial charge on any atom is -0.313 e. The highest BCUT2D eigenvalue weighted by Gasteiger charge is 2.17. The van der Waals surface area contributed by atoms with E-state index in [1.807, 2.05) is 0 Å². The highest BCUT2D eigenvalue weighted by molar-refractivity contribution is 4.77. The zero-order chi connectivity index (χ0) is 13.2. The largest absolute Gasteiger partial charge is 0.313 e. The number of nitrogens with one attached hydrogen (secondary N) is 1. The van der Waals surface area contributed by atoms with E-state index in [1.54, 1.807) is 0 Å². The molecule has 1 saturated heterocycles. The topological polar surface area (TPSA) is 15.3 Å². The Labute approximate surface area is 115 Å². The van der Waals surface area contributed by atoms with Gasteiger partial charge in [0.1, 0.15) is 0 Å². The Bertz CT molecular complexity index is 186. The number of nitrogens with zero attached hydrogens (tertiary/aromatic N) is 1. The van der Waals surface area contributed by atoms with Crippen LogP contribution in [0.2, 0.25) is 0 Å². The van der Waals surface area contributed by atoms with Crippen LogP contribution in [0.15, 0.2) is 0 Å². The molecular formula is C16H34N2. The molecule has 1 fully saturated rings. The van der Waals surface area contributed by atoms with E-state index in [9.17, 15) is 0 Å². The van der Waals surface area contributed by atoms with E-state index >= 15 is 0 Å². The highest BCUT2D eigenvalue weighted by Crippen LogP contribution is 2.12. The molecule has 0 amide bonds. The molecule has 1 unspecified atom stereocenters. The highest BCUT2D eigenvalue weighted by atomic mass is 15.2. The van der Waals surface area contributed by atoms with Crippen LogP contribution in [0.1, 0.15) is 72.1 Å². The third-order valence-electron chi connectivity index (χ3n) is 4.15. The van der Waals surface area contributed by atoms with Crippen molar-refractivity contribution >= 4 is 0 Å². The molecule has 0 bridgehead atoms. The fourth-order valence-electron chi connectivity index (χ4n) is 2.84. The molecule has 1 heterocycles. The molecule has 1 atom stereocenters. The van der Waals surface area contributed by atoms with Gasteiger partial charge in [0.05, 0.1) is 0 Å². The average molecular weight is 254 g/mol. The van der Waals surface area contributed by atoms with Crippen molar-refractivity contribution in [2.75, 3.05) is 19.6 Å². The van der Waals surface area contributed by atoms with Crippen LogP contribution >= 0.6 is 0 Å². The molecule has 108 valence electrons. The van der Waals surface area contributed by atoms with Gasteiger partial charge in [0.25, 0.3) is 0 Å². The Balaban J connectivity index is 2.17. The second kappa shape index (κ2) is 9.80. The molecule has 1 rings (SSSR count). The monoisotopic (exact) mass is 254 g/mol. The molecular weight excluding hydrogens is 220 g/mol. The number of hydrogen-bond acceptors (Lipinski definition) is 2. The Kier molecular flexibility index (Phi) is 8.70. The maximum atomic E-state index is 3.67.